The van der Waals surface area contributed by atoms with Gasteiger partial charge in [0.05, 0.1) is 0 Å². The van der Waals surface area contributed by atoms with E-state index in [-0.39, 0.29) is 6.04 Å². The fraction of sp³-hybridized carbons (Fsp3) is 0.722. The van der Waals surface area contributed by atoms with Gasteiger partial charge in [-0.15, -0.1) is 0 Å². The Morgan fingerprint density at radius 1 is 1.29 bits per heavy atom. The molecule has 0 aliphatic heterocycles. The van der Waals surface area contributed by atoms with Gasteiger partial charge in [0, 0.05) is 24.8 Å². The fourth-order valence-electron chi connectivity index (χ4n) is 3.46. The largest absolute Gasteiger partial charge is 0.354 e. The van der Waals surface area contributed by atoms with Crippen LogP contribution in [0.4, 0.5) is 5.82 Å². The highest BCUT2D eigenvalue weighted by molar-refractivity contribution is 5.48. The first kappa shape index (κ1) is 16.3. The van der Waals surface area contributed by atoms with Gasteiger partial charge < -0.3 is 10.6 Å². The quantitative estimate of drug-likeness (QED) is 0.865. The lowest BCUT2D eigenvalue weighted by atomic mass is 9.94. The lowest BCUT2D eigenvalue weighted by Crippen LogP contribution is -2.37. The number of nitrogens with two attached hydrogens (primary N) is 1. The number of anilines is 1. The van der Waals surface area contributed by atoms with E-state index >= 15 is 0 Å². The van der Waals surface area contributed by atoms with Gasteiger partial charge in [-0.1, -0.05) is 32.3 Å². The molecule has 1 atom stereocenters. The Morgan fingerprint density at radius 2 is 2.00 bits per heavy atom. The van der Waals surface area contributed by atoms with Crippen LogP contribution < -0.4 is 10.6 Å². The van der Waals surface area contributed by atoms with Crippen molar-refractivity contribution in [3.05, 3.63) is 23.4 Å². The van der Waals surface area contributed by atoms with Crippen molar-refractivity contribution >= 4 is 5.82 Å². The molecule has 1 aromatic rings. The van der Waals surface area contributed by atoms with Crippen molar-refractivity contribution in [1.29, 1.82) is 0 Å². The molecule has 1 aliphatic carbocycles. The van der Waals surface area contributed by atoms with Gasteiger partial charge in [0.1, 0.15) is 5.82 Å². The molecule has 1 heterocycles. The summed E-state index contributed by atoms with van der Waals surface area (Å²) in [6.07, 6.45) is 10.7. The van der Waals surface area contributed by atoms with Gasteiger partial charge in [-0.25, -0.2) is 4.98 Å². The molecule has 1 saturated carbocycles. The monoisotopic (exact) mass is 289 g/mol. The standard InChI is InChI=1S/C18H31N3/c1-4-16(19)12-15-11-14(3)18(20-13-15)21(5-2)17-9-7-6-8-10-17/h11,13,16-17H,4-10,12,19H2,1-3H3. The summed E-state index contributed by atoms with van der Waals surface area (Å²) < 4.78 is 0. The van der Waals surface area contributed by atoms with Crippen molar-refractivity contribution in [3.63, 3.8) is 0 Å². The smallest absolute Gasteiger partial charge is 0.131 e. The molecule has 118 valence electrons. The highest BCUT2D eigenvalue weighted by Gasteiger charge is 2.22. The Hall–Kier alpha value is -1.09. The van der Waals surface area contributed by atoms with Crippen molar-refractivity contribution in [2.75, 3.05) is 11.4 Å². The van der Waals surface area contributed by atoms with Crippen molar-refractivity contribution in [3.8, 4) is 0 Å². The zero-order chi connectivity index (χ0) is 15.2. The summed E-state index contributed by atoms with van der Waals surface area (Å²) in [6, 6.07) is 3.21. The van der Waals surface area contributed by atoms with Crippen LogP contribution in [0.2, 0.25) is 0 Å². The van der Waals surface area contributed by atoms with Crippen molar-refractivity contribution in [2.24, 2.45) is 5.73 Å². The minimum atomic E-state index is 0.248. The zero-order valence-electron chi connectivity index (χ0n) is 13.9. The second kappa shape index (κ2) is 7.79. The van der Waals surface area contributed by atoms with E-state index in [1.54, 1.807) is 0 Å². The molecule has 3 nitrogen and oxygen atoms in total. The molecule has 3 heteroatoms. The molecular weight excluding hydrogens is 258 g/mol. The molecule has 1 aliphatic rings. The van der Waals surface area contributed by atoms with Crippen LogP contribution in [0.3, 0.4) is 0 Å². The van der Waals surface area contributed by atoms with Crippen molar-refractivity contribution < 1.29 is 0 Å². The molecule has 2 rings (SSSR count). The average Bonchev–Trinajstić information content (AvgIpc) is 2.51. The zero-order valence-corrected chi connectivity index (χ0v) is 13.9. The van der Waals surface area contributed by atoms with Crippen LogP contribution in [0.25, 0.3) is 0 Å². The highest BCUT2D eigenvalue weighted by Crippen LogP contribution is 2.28. The van der Waals surface area contributed by atoms with Crippen LogP contribution in [-0.2, 0) is 6.42 Å². The fourth-order valence-corrected chi connectivity index (χ4v) is 3.46. The van der Waals surface area contributed by atoms with Crippen LogP contribution in [0.5, 0.6) is 0 Å². The van der Waals surface area contributed by atoms with E-state index in [4.69, 9.17) is 10.7 Å². The number of nitrogens with zero attached hydrogens (tertiary/aromatic N) is 2. The first-order valence-electron chi connectivity index (χ1n) is 8.63. The number of rotatable bonds is 6. The summed E-state index contributed by atoms with van der Waals surface area (Å²) in [5.41, 5.74) is 8.62. The predicted octanol–water partition coefficient (Wildman–Crippen LogP) is 3.83. The molecule has 0 radical (unpaired) electrons. The number of aryl methyl sites for hydroxylation is 1. The van der Waals surface area contributed by atoms with E-state index in [0.29, 0.717) is 6.04 Å². The highest BCUT2D eigenvalue weighted by atomic mass is 15.2. The Labute approximate surface area is 129 Å². The van der Waals surface area contributed by atoms with Crippen molar-refractivity contribution in [2.45, 2.75) is 77.8 Å². The van der Waals surface area contributed by atoms with Gasteiger partial charge >= 0.3 is 0 Å². The third-order valence-electron chi connectivity index (χ3n) is 4.76. The van der Waals surface area contributed by atoms with E-state index in [1.165, 1.54) is 49.0 Å². The molecule has 1 fully saturated rings. The van der Waals surface area contributed by atoms with Crippen LogP contribution in [0.15, 0.2) is 12.3 Å². The number of pyridine rings is 1. The summed E-state index contributed by atoms with van der Waals surface area (Å²) in [7, 11) is 0. The molecule has 1 aromatic heterocycles. The van der Waals surface area contributed by atoms with Crippen LogP contribution in [0, 0.1) is 6.92 Å². The molecule has 1 unspecified atom stereocenters. The lowest BCUT2D eigenvalue weighted by Gasteiger charge is -2.35. The summed E-state index contributed by atoms with van der Waals surface area (Å²) >= 11 is 0. The lowest BCUT2D eigenvalue weighted by molar-refractivity contribution is 0.416. The van der Waals surface area contributed by atoms with Gasteiger partial charge in [-0.05, 0) is 50.7 Å². The van der Waals surface area contributed by atoms with E-state index in [2.05, 4.69) is 31.7 Å². The average molecular weight is 289 g/mol. The van der Waals surface area contributed by atoms with E-state index in [9.17, 15) is 0 Å². The van der Waals surface area contributed by atoms with Crippen molar-refractivity contribution in [1.82, 2.24) is 4.98 Å². The predicted molar refractivity (Wildman–Crippen MR) is 90.8 cm³/mol. The third-order valence-corrected chi connectivity index (χ3v) is 4.76. The summed E-state index contributed by atoms with van der Waals surface area (Å²) in [5.74, 6) is 1.18. The Balaban J connectivity index is 2.14. The molecule has 0 spiro atoms. The second-order valence-electron chi connectivity index (χ2n) is 6.43. The van der Waals surface area contributed by atoms with Crippen LogP contribution >= 0.6 is 0 Å². The summed E-state index contributed by atoms with van der Waals surface area (Å²) in [4.78, 5) is 7.29. The van der Waals surface area contributed by atoms with Crippen LogP contribution in [0.1, 0.15) is 63.5 Å². The molecule has 2 N–H and O–H groups in total. The maximum atomic E-state index is 6.06. The first-order valence-corrected chi connectivity index (χ1v) is 8.63. The van der Waals surface area contributed by atoms with E-state index in [1.807, 2.05) is 6.20 Å². The topological polar surface area (TPSA) is 42.1 Å². The van der Waals surface area contributed by atoms with E-state index < -0.39 is 0 Å². The Kier molecular flexibility index (Phi) is 6.04. The number of hydrogen-bond donors (Lipinski definition) is 1. The van der Waals surface area contributed by atoms with E-state index in [0.717, 1.165) is 19.4 Å². The second-order valence-corrected chi connectivity index (χ2v) is 6.43. The molecule has 0 bridgehead atoms. The number of aromatic nitrogens is 1. The van der Waals surface area contributed by atoms with Crippen LogP contribution in [-0.4, -0.2) is 23.6 Å². The molecular formula is C18H31N3. The SMILES string of the molecule is CCC(N)Cc1cnc(N(CC)C2CCCCC2)c(C)c1. The van der Waals surface area contributed by atoms with Gasteiger partial charge in [0.2, 0.25) is 0 Å². The Bertz CT molecular complexity index is 438. The molecule has 0 saturated heterocycles. The van der Waals surface area contributed by atoms with Gasteiger partial charge in [-0.3, -0.25) is 0 Å². The number of hydrogen-bond acceptors (Lipinski definition) is 3. The molecule has 0 aromatic carbocycles. The molecule has 21 heavy (non-hydrogen) atoms. The molecule has 0 amide bonds. The maximum Gasteiger partial charge on any atom is 0.131 e. The summed E-state index contributed by atoms with van der Waals surface area (Å²) in [5, 5.41) is 0. The summed E-state index contributed by atoms with van der Waals surface area (Å²) in [6.45, 7) is 7.62. The normalized spacial score (nSPS) is 17.7. The minimum absolute atomic E-state index is 0.248. The van der Waals surface area contributed by atoms with Gasteiger partial charge in [0.15, 0.2) is 0 Å². The minimum Gasteiger partial charge on any atom is -0.354 e. The Morgan fingerprint density at radius 3 is 2.57 bits per heavy atom. The maximum absolute atomic E-state index is 6.06. The van der Waals surface area contributed by atoms with Gasteiger partial charge in [0.25, 0.3) is 0 Å². The first-order chi connectivity index (χ1) is 10.2. The third kappa shape index (κ3) is 4.19. The van der Waals surface area contributed by atoms with Gasteiger partial charge in [-0.2, -0.15) is 0 Å².